The van der Waals surface area contributed by atoms with Crippen LogP contribution < -0.4 is 4.90 Å². The molecule has 1 aliphatic rings. The molecule has 0 saturated carbocycles. The van der Waals surface area contributed by atoms with Crippen molar-refractivity contribution in [2.75, 3.05) is 18.0 Å². The lowest BCUT2D eigenvalue weighted by Gasteiger charge is -2.29. The Labute approximate surface area is 107 Å². The first-order chi connectivity index (χ1) is 8.76. The molecule has 0 unspecified atom stereocenters. The average molecular weight is 240 g/mol. The summed E-state index contributed by atoms with van der Waals surface area (Å²) in [6, 6.07) is 7.79. The highest BCUT2D eigenvalue weighted by atomic mass is 15.2. The average Bonchev–Trinajstić information content (AvgIpc) is 2.78. The Hall–Kier alpha value is -2.20. The first kappa shape index (κ1) is 12.3. The van der Waals surface area contributed by atoms with Crippen molar-refractivity contribution in [2.24, 2.45) is 7.05 Å². The van der Waals surface area contributed by atoms with E-state index < -0.39 is 0 Å². The van der Waals surface area contributed by atoms with Crippen molar-refractivity contribution in [3.8, 4) is 12.1 Å². The Balaban J connectivity index is 2.26. The molecule has 4 heteroatoms. The van der Waals surface area contributed by atoms with Crippen molar-refractivity contribution in [3.05, 3.63) is 23.4 Å². The maximum absolute atomic E-state index is 8.77. The van der Waals surface area contributed by atoms with Crippen LogP contribution in [0.25, 0.3) is 6.08 Å². The second-order valence-electron chi connectivity index (χ2n) is 4.50. The van der Waals surface area contributed by atoms with Crippen LogP contribution in [0.1, 0.15) is 25.0 Å². The second-order valence-corrected chi connectivity index (χ2v) is 4.50. The molecule has 2 heterocycles. The molecule has 92 valence electrons. The predicted octanol–water partition coefficient (Wildman–Crippen LogP) is 2.45. The quantitative estimate of drug-likeness (QED) is 0.746. The molecule has 0 N–H and O–H groups in total. The molecule has 1 fully saturated rings. The minimum absolute atomic E-state index is 0.140. The third kappa shape index (κ3) is 2.38. The fourth-order valence-corrected chi connectivity index (χ4v) is 2.34. The summed E-state index contributed by atoms with van der Waals surface area (Å²) in [6.07, 6.45) is 5.41. The number of piperidine rings is 1. The Bertz CT molecular complexity index is 517. The summed E-state index contributed by atoms with van der Waals surface area (Å²) < 4.78 is 2.04. The number of hydrogen-bond acceptors (Lipinski definition) is 3. The fourth-order valence-electron chi connectivity index (χ4n) is 2.34. The van der Waals surface area contributed by atoms with E-state index in [-0.39, 0.29) is 5.57 Å². The van der Waals surface area contributed by atoms with Crippen LogP contribution in [0.5, 0.6) is 0 Å². The fraction of sp³-hybridized carbons (Fsp3) is 0.429. The standard InChI is InChI=1S/C14H16N4/c1-17-13(9-12(10-15)11-16)5-6-14(17)18-7-3-2-4-8-18/h5-6,9H,2-4,7-8H2,1H3. The van der Waals surface area contributed by atoms with Gasteiger partial charge in [-0.3, -0.25) is 0 Å². The highest BCUT2D eigenvalue weighted by Crippen LogP contribution is 2.23. The molecule has 0 bridgehead atoms. The van der Waals surface area contributed by atoms with Gasteiger partial charge in [-0.15, -0.1) is 0 Å². The van der Waals surface area contributed by atoms with Crippen LogP contribution in [0.2, 0.25) is 0 Å². The zero-order chi connectivity index (χ0) is 13.0. The Morgan fingerprint density at radius 1 is 1.17 bits per heavy atom. The zero-order valence-corrected chi connectivity index (χ0v) is 10.6. The summed E-state index contributed by atoms with van der Waals surface area (Å²) in [4.78, 5) is 2.36. The van der Waals surface area contributed by atoms with Crippen molar-refractivity contribution in [3.63, 3.8) is 0 Å². The third-order valence-corrected chi connectivity index (χ3v) is 3.35. The van der Waals surface area contributed by atoms with Gasteiger partial charge in [0.1, 0.15) is 23.5 Å². The summed E-state index contributed by atoms with van der Waals surface area (Å²) in [6.45, 7) is 2.18. The summed E-state index contributed by atoms with van der Waals surface area (Å²) in [5.74, 6) is 1.16. The number of nitrogens with zero attached hydrogens (tertiary/aromatic N) is 4. The van der Waals surface area contributed by atoms with Crippen molar-refractivity contribution >= 4 is 11.9 Å². The first-order valence-corrected chi connectivity index (χ1v) is 6.19. The maximum Gasteiger partial charge on any atom is 0.131 e. The van der Waals surface area contributed by atoms with E-state index in [0.717, 1.165) is 24.6 Å². The van der Waals surface area contributed by atoms with Crippen molar-refractivity contribution in [2.45, 2.75) is 19.3 Å². The van der Waals surface area contributed by atoms with Crippen LogP contribution in [0, 0.1) is 22.7 Å². The molecule has 0 aromatic carbocycles. The zero-order valence-electron chi connectivity index (χ0n) is 10.6. The molecule has 2 rings (SSSR count). The van der Waals surface area contributed by atoms with Gasteiger partial charge < -0.3 is 9.47 Å². The lowest BCUT2D eigenvalue weighted by Crippen LogP contribution is -2.30. The third-order valence-electron chi connectivity index (χ3n) is 3.35. The van der Waals surface area contributed by atoms with Crippen molar-refractivity contribution < 1.29 is 0 Å². The van der Waals surface area contributed by atoms with E-state index in [1.807, 2.05) is 29.8 Å². The van der Waals surface area contributed by atoms with Gasteiger partial charge in [0.25, 0.3) is 0 Å². The minimum atomic E-state index is 0.140. The van der Waals surface area contributed by atoms with Gasteiger partial charge in [0.2, 0.25) is 0 Å². The van der Waals surface area contributed by atoms with E-state index >= 15 is 0 Å². The largest absolute Gasteiger partial charge is 0.358 e. The molecule has 0 aliphatic carbocycles. The van der Waals surface area contributed by atoms with Gasteiger partial charge in [-0.25, -0.2) is 0 Å². The lowest BCUT2D eigenvalue weighted by molar-refractivity contribution is 0.567. The number of aromatic nitrogens is 1. The topological polar surface area (TPSA) is 55.8 Å². The van der Waals surface area contributed by atoms with Gasteiger partial charge in [-0.05, 0) is 37.5 Å². The molecular formula is C14H16N4. The van der Waals surface area contributed by atoms with E-state index in [0.29, 0.717) is 0 Å². The van der Waals surface area contributed by atoms with Crippen LogP contribution in [0.3, 0.4) is 0 Å². The van der Waals surface area contributed by atoms with E-state index in [2.05, 4.69) is 11.0 Å². The molecule has 1 saturated heterocycles. The predicted molar refractivity (Wildman–Crippen MR) is 70.7 cm³/mol. The maximum atomic E-state index is 8.77. The smallest absolute Gasteiger partial charge is 0.131 e. The van der Waals surface area contributed by atoms with Crippen LogP contribution >= 0.6 is 0 Å². The van der Waals surface area contributed by atoms with Gasteiger partial charge in [-0.2, -0.15) is 10.5 Å². The molecule has 0 spiro atoms. The molecule has 0 amide bonds. The highest BCUT2D eigenvalue weighted by molar-refractivity contribution is 5.63. The van der Waals surface area contributed by atoms with Crippen LogP contribution in [0.15, 0.2) is 17.7 Å². The van der Waals surface area contributed by atoms with Crippen LogP contribution in [0.4, 0.5) is 5.82 Å². The minimum Gasteiger partial charge on any atom is -0.358 e. The molecule has 1 aromatic rings. The summed E-state index contributed by atoms with van der Waals surface area (Å²) in [7, 11) is 1.97. The van der Waals surface area contributed by atoms with E-state index in [1.54, 1.807) is 6.08 Å². The van der Waals surface area contributed by atoms with Crippen molar-refractivity contribution in [1.29, 1.82) is 10.5 Å². The SMILES string of the molecule is Cn1c(C=C(C#N)C#N)ccc1N1CCCCC1. The number of nitriles is 2. The van der Waals surface area contributed by atoms with E-state index in [9.17, 15) is 0 Å². The Morgan fingerprint density at radius 2 is 1.83 bits per heavy atom. The van der Waals surface area contributed by atoms with Gasteiger partial charge in [-0.1, -0.05) is 0 Å². The number of anilines is 1. The summed E-state index contributed by atoms with van der Waals surface area (Å²) in [5, 5.41) is 17.5. The van der Waals surface area contributed by atoms with Gasteiger partial charge in [0.15, 0.2) is 0 Å². The van der Waals surface area contributed by atoms with E-state index in [1.165, 1.54) is 19.3 Å². The second kappa shape index (κ2) is 5.42. The lowest BCUT2D eigenvalue weighted by atomic mass is 10.1. The molecule has 1 aliphatic heterocycles. The molecule has 0 atom stereocenters. The van der Waals surface area contributed by atoms with E-state index in [4.69, 9.17) is 10.5 Å². The van der Waals surface area contributed by atoms with Gasteiger partial charge in [0, 0.05) is 25.8 Å². The molecule has 0 radical (unpaired) electrons. The Morgan fingerprint density at radius 3 is 2.44 bits per heavy atom. The first-order valence-electron chi connectivity index (χ1n) is 6.19. The molecule has 18 heavy (non-hydrogen) atoms. The molecule has 1 aromatic heterocycles. The number of hydrogen-bond donors (Lipinski definition) is 0. The Kier molecular flexibility index (Phi) is 3.69. The monoisotopic (exact) mass is 240 g/mol. The number of allylic oxidation sites excluding steroid dienone is 1. The van der Waals surface area contributed by atoms with Gasteiger partial charge >= 0.3 is 0 Å². The summed E-state index contributed by atoms with van der Waals surface area (Å²) in [5.41, 5.74) is 1.04. The van der Waals surface area contributed by atoms with Crippen LogP contribution in [-0.4, -0.2) is 17.7 Å². The van der Waals surface area contributed by atoms with Crippen LogP contribution in [-0.2, 0) is 7.05 Å². The van der Waals surface area contributed by atoms with Crippen molar-refractivity contribution in [1.82, 2.24) is 4.57 Å². The highest BCUT2D eigenvalue weighted by Gasteiger charge is 2.14. The number of rotatable bonds is 2. The van der Waals surface area contributed by atoms with Gasteiger partial charge in [0.05, 0.1) is 0 Å². The molecular weight excluding hydrogens is 224 g/mol. The molecule has 4 nitrogen and oxygen atoms in total. The summed E-state index contributed by atoms with van der Waals surface area (Å²) >= 11 is 0. The normalized spacial score (nSPS) is 14.7.